The molecule has 0 amide bonds. The molecule has 0 aliphatic carbocycles. The minimum Gasteiger partial charge on any atom is -0.479 e. The summed E-state index contributed by atoms with van der Waals surface area (Å²) in [6.45, 7) is 3.97. The first-order chi connectivity index (χ1) is 6.72. The standard InChI is InChI=1S/C9H12N4O/c1-3-4-7-10-6(2)5-8-11-12-9(14)13(7)8/h5H,3-4H2,1-2H3,(H,12,14). The van der Waals surface area contributed by atoms with Crippen LogP contribution in [0.5, 0.6) is 6.01 Å². The number of hydrogen-bond acceptors (Lipinski definition) is 4. The fourth-order valence-corrected chi connectivity index (χ4v) is 1.49. The van der Waals surface area contributed by atoms with Crippen LogP contribution >= 0.6 is 0 Å². The molecule has 0 aromatic carbocycles. The maximum Gasteiger partial charge on any atom is 0.320 e. The number of aryl methyl sites for hydroxylation is 2. The van der Waals surface area contributed by atoms with Crippen LogP contribution in [0.3, 0.4) is 0 Å². The van der Waals surface area contributed by atoms with E-state index in [0.29, 0.717) is 5.65 Å². The molecule has 0 bridgehead atoms. The van der Waals surface area contributed by atoms with E-state index in [9.17, 15) is 5.11 Å². The van der Waals surface area contributed by atoms with Crippen LogP contribution in [0.1, 0.15) is 24.9 Å². The first kappa shape index (κ1) is 8.93. The van der Waals surface area contributed by atoms with E-state index >= 15 is 0 Å². The maximum absolute atomic E-state index is 9.46. The third-order valence-electron chi connectivity index (χ3n) is 2.05. The van der Waals surface area contributed by atoms with Crippen molar-refractivity contribution in [1.82, 2.24) is 19.6 Å². The van der Waals surface area contributed by atoms with E-state index in [1.165, 1.54) is 0 Å². The SMILES string of the molecule is CCCc1nc(C)cc2nnc(O)n12. The smallest absolute Gasteiger partial charge is 0.320 e. The van der Waals surface area contributed by atoms with Gasteiger partial charge in [-0.1, -0.05) is 12.0 Å². The molecule has 2 aromatic heterocycles. The zero-order valence-corrected chi connectivity index (χ0v) is 8.23. The highest BCUT2D eigenvalue weighted by Gasteiger charge is 2.09. The van der Waals surface area contributed by atoms with Gasteiger partial charge in [0.2, 0.25) is 0 Å². The molecule has 2 aromatic rings. The summed E-state index contributed by atoms with van der Waals surface area (Å²) in [5, 5.41) is 16.9. The van der Waals surface area contributed by atoms with Gasteiger partial charge in [-0.2, -0.15) is 0 Å². The molecule has 0 atom stereocenters. The lowest BCUT2D eigenvalue weighted by Gasteiger charge is -2.03. The number of fused-ring (bicyclic) bond motifs is 1. The molecule has 0 aliphatic heterocycles. The molecular weight excluding hydrogens is 180 g/mol. The average Bonchev–Trinajstić information content (AvgIpc) is 2.48. The molecule has 74 valence electrons. The Bertz CT molecular complexity index is 463. The third kappa shape index (κ3) is 1.30. The van der Waals surface area contributed by atoms with Gasteiger partial charge in [0, 0.05) is 18.2 Å². The lowest BCUT2D eigenvalue weighted by atomic mass is 10.3. The van der Waals surface area contributed by atoms with Crippen LogP contribution in [0.15, 0.2) is 6.07 Å². The molecule has 0 radical (unpaired) electrons. The summed E-state index contributed by atoms with van der Waals surface area (Å²) in [7, 11) is 0. The number of rotatable bonds is 2. The van der Waals surface area contributed by atoms with Crippen molar-refractivity contribution in [2.45, 2.75) is 26.7 Å². The number of nitrogens with zero attached hydrogens (tertiary/aromatic N) is 4. The molecule has 1 N–H and O–H groups in total. The van der Waals surface area contributed by atoms with E-state index in [1.807, 2.05) is 6.92 Å². The van der Waals surface area contributed by atoms with Crippen LogP contribution in [-0.4, -0.2) is 24.7 Å². The highest BCUT2D eigenvalue weighted by Crippen LogP contribution is 2.13. The Hall–Kier alpha value is -1.65. The molecule has 0 spiro atoms. The van der Waals surface area contributed by atoms with Gasteiger partial charge in [0.05, 0.1) is 0 Å². The summed E-state index contributed by atoms with van der Waals surface area (Å²) >= 11 is 0. The second kappa shape index (κ2) is 3.25. The fourth-order valence-electron chi connectivity index (χ4n) is 1.49. The maximum atomic E-state index is 9.46. The Labute approximate surface area is 81.4 Å². The van der Waals surface area contributed by atoms with Gasteiger partial charge < -0.3 is 5.11 Å². The molecule has 0 aliphatic rings. The predicted molar refractivity (Wildman–Crippen MR) is 51.2 cm³/mol. The van der Waals surface area contributed by atoms with Crippen molar-refractivity contribution in [3.05, 3.63) is 17.6 Å². The van der Waals surface area contributed by atoms with E-state index in [2.05, 4.69) is 22.1 Å². The van der Waals surface area contributed by atoms with E-state index in [-0.39, 0.29) is 6.01 Å². The van der Waals surface area contributed by atoms with Gasteiger partial charge in [-0.25, -0.2) is 9.38 Å². The summed E-state index contributed by atoms with van der Waals surface area (Å²) in [6, 6.07) is 1.71. The predicted octanol–water partition coefficient (Wildman–Crippen LogP) is 1.09. The highest BCUT2D eigenvalue weighted by molar-refractivity contribution is 5.41. The normalized spacial score (nSPS) is 11.0. The summed E-state index contributed by atoms with van der Waals surface area (Å²) in [5.74, 6) is 0.810. The minimum atomic E-state index is -0.0871. The molecule has 2 rings (SSSR count). The second-order valence-electron chi connectivity index (χ2n) is 3.26. The van der Waals surface area contributed by atoms with Crippen LogP contribution in [0.2, 0.25) is 0 Å². The lowest BCUT2D eigenvalue weighted by molar-refractivity contribution is 0.420. The summed E-state index contributed by atoms with van der Waals surface area (Å²) in [6.07, 6.45) is 1.78. The van der Waals surface area contributed by atoms with Crippen molar-refractivity contribution >= 4 is 5.65 Å². The van der Waals surface area contributed by atoms with Crippen LogP contribution in [-0.2, 0) is 6.42 Å². The Morgan fingerprint density at radius 1 is 1.43 bits per heavy atom. The Morgan fingerprint density at radius 3 is 2.93 bits per heavy atom. The Kier molecular flexibility index (Phi) is 2.07. The molecule has 0 saturated heterocycles. The highest BCUT2D eigenvalue weighted by atomic mass is 16.3. The van der Waals surface area contributed by atoms with Gasteiger partial charge in [-0.3, -0.25) is 0 Å². The molecule has 0 fully saturated rings. The van der Waals surface area contributed by atoms with E-state index in [1.54, 1.807) is 10.5 Å². The molecule has 5 heteroatoms. The van der Waals surface area contributed by atoms with Crippen LogP contribution in [0, 0.1) is 6.92 Å². The summed E-state index contributed by atoms with van der Waals surface area (Å²) in [4.78, 5) is 4.35. The topological polar surface area (TPSA) is 63.3 Å². The third-order valence-corrected chi connectivity index (χ3v) is 2.05. The number of aromatic hydroxyl groups is 1. The molecule has 2 heterocycles. The number of aromatic nitrogens is 4. The van der Waals surface area contributed by atoms with Crippen molar-refractivity contribution < 1.29 is 5.11 Å². The van der Waals surface area contributed by atoms with E-state index in [0.717, 1.165) is 24.4 Å². The number of hydrogen-bond donors (Lipinski definition) is 1. The van der Waals surface area contributed by atoms with Crippen molar-refractivity contribution in [3.63, 3.8) is 0 Å². The lowest BCUT2D eigenvalue weighted by Crippen LogP contribution is -2.01. The van der Waals surface area contributed by atoms with Crippen molar-refractivity contribution in [3.8, 4) is 6.01 Å². The van der Waals surface area contributed by atoms with E-state index < -0.39 is 0 Å². The van der Waals surface area contributed by atoms with Crippen LogP contribution in [0.25, 0.3) is 5.65 Å². The van der Waals surface area contributed by atoms with Crippen LogP contribution < -0.4 is 0 Å². The van der Waals surface area contributed by atoms with Crippen LogP contribution in [0.4, 0.5) is 0 Å². The van der Waals surface area contributed by atoms with Gasteiger partial charge in [0.15, 0.2) is 5.65 Å². The monoisotopic (exact) mass is 192 g/mol. The first-order valence-electron chi connectivity index (χ1n) is 4.63. The van der Waals surface area contributed by atoms with E-state index in [4.69, 9.17) is 0 Å². The van der Waals surface area contributed by atoms with Gasteiger partial charge in [-0.15, -0.1) is 5.10 Å². The van der Waals surface area contributed by atoms with Gasteiger partial charge in [0.25, 0.3) is 0 Å². The summed E-state index contributed by atoms with van der Waals surface area (Å²) < 4.78 is 1.58. The fraction of sp³-hybridized carbons (Fsp3) is 0.444. The molecule has 5 nitrogen and oxygen atoms in total. The quantitative estimate of drug-likeness (QED) is 0.773. The van der Waals surface area contributed by atoms with Gasteiger partial charge in [-0.05, 0) is 13.3 Å². The molecule has 0 unspecified atom stereocenters. The zero-order chi connectivity index (χ0) is 10.1. The average molecular weight is 192 g/mol. The molecule has 0 saturated carbocycles. The Morgan fingerprint density at radius 2 is 2.21 bits per heavy atom. The zero-order valence-electron chi connectivity index (χ0n) is 8.23. The van der Waals surface area contributed by atoms with Crippen molar-refractivity contribution in [1.29, 1.82) is 0 Å². The largest absolute Gasteiger partial charge is 0.479 e. The second-order valence-corrected chi connectivity index (χ2v) is 3.26. The molecular formula is C9H12N4O. The minimum absolute atomic E-state index is 0.0871. The van der Waals surface area contributed by atoms with Crippen molar-refractivity contribution in [2.24, 2.45) is 0 Å². The Balaban J connectivity index is 2.70. The van der Waals surface area contributed by atoms with Crippen molar-refractivity contribution in [2.75, 3.05) is 0 Å². The molecule has 14 heavy (non-hydrogen) atoms. The first-order valence-corrected chi connectivity index (χ1v) is 4.63. The van der Waals surface area contributed by atoms with Gasteiger partial charge in [0.1, 0.15) is 5.82 Å². The summed E-state index contributed by atoms with van der Waals surface area (Å²) in [5.41, 5.74) is 1.55. The van der Waals surface area contributed by atoms with Gasteiger partial charge >= 0.3 is 6.01 Å².